The number of aryl methyl sites for hydroxylation is 1. The van der Waals surface area contributed by atoms with Crippen molar-refractivity contribution in [2.75, 3.05) is 10.2 Å². The van der Waals surface area contributed by atoms with E-state index in [9.17, 15) is 20.0 Å². The van der Waals surface area contributed by atoms with Crippen LogP contribution in [0.15, 0.2) is 65.6 Å². The molecule has 0 aliphatic carbocycles. The lowest BCUT2D eigenvalue weighted by Gasteiger charge is -2.26. The zero-order valence-corrected chi connectivity index (χ0v) is 20.5. The largest absolute Gasteiger partial charge is 0.478 e. The second-order valence-corrected chi connectivity index (χ2v) is 9.76. The smallest absolute Gasteiger partial charge is 0.337 e. The molecule has 2 bridgehead atoms. The number of nitriles is 1. The van der Waals surface area contributed by atoms with Crippen molar-refractivity contribution in [3.05, 3.63) is 105 Å². The number of carboxylic acids is 1. The van der Waals surface area contributed by atoms with E-state index in [0.717, 1.165) is 24.0 Å². The van der Waals surface area contributed by atoms with Gasteiger partial charge in [-0.3, -0.25) is 9.20 Å². The fourth-order valence-electron chi connectivity index (χ4n) is 5.94. The van der Waals surface area contributed by atoms with Crippen molar-refractivity contribution in [3.8, 4) is 6.07 Å². The maximum atomic E-state index is 13.6. The lowest BCUT2D eigenvalue weighted by Crippen LogP contribution is -2.28. The van der Waals surface area contributed by atoms with E-state index in [1.54, 1.807) is 30.5 Å². The van der Waals surface area contributed by atoms with Gasteiger partial charge in [0.1, 0.15) is 11.7 Å². The monoisotopic (exact) mass is 491 g/mol. The van der Waals surface area contributed by atoms with Crippen LogP contribution in [-0.2, 0) is 0 Å². The first-order chi connectivity index (χ1) is 17.9. The van der Waals surface area contributed by atoms with Gasteiger partial charge in [-0.15, -0.1) is 0 Å². The molecule has 184 valence electrons. The maximum Gasteiger partial charge on any atom is 0.337 e. The lowest BCUT2D eigenvalue weighted by atomic mass is 9.92. The molecule has 0 radical (unpaired) electrons. The fraction of sp³-hybridized carbons (Fsp3) is 0.241. The molecule has 2 unspecified atom stereocenters. The van der Waals surface area contributed by atoms with Crippen molar-refractivity contribution in [1.82, 2.24) is 9.38 Å². The van der Waals surface area contributed by atoms with Gasteiger partial charge in [-0.1, -0.05) is 36.4 Å². The van der Waals surface area contributed by atoms with Crippen LogP contribution in [-0.4, -0.2) is 20.5 Å². The summed E-state index contributed by atoms with van der Waals surface area (Å²) >= 11 is 0. The molecular weight excluding hydrogens is 466 g/mol. The summed E-state index contributed by atoms with van der Waals surface area (Å²) < 4.78 is 1.44. The number of nitrogens with zero attached hydrogens (tertiary/aromatic N) is 4. The summed E-state index contributed by atoms with van der Waals surface area (Å²) in [7, 11) is 0. The average molecular weight is 492 g/mol. The van der Waals surface area contributed by atoms with Crippen LogP contribution >= 0.6 is 0 Å². The number of anilines is 2. The highest BCUT2D eigenvalue weighted by Crippen LogP contribution is 2.54. The average Bonchev–Trinajstić information content (AvgIpc) is 3.46. The van der Waals surface area contributed by atoms with Crippen molar-refractivity contribution in [2.45, 2.75) is 44.8 Å². The third-order valence-corrected chi connectivity index (χ3v) is 7.52. The summed E-state index contributed by atoms with van der Waals surface area (Å²) in [5.74, 6) is -0.608. The number of nitrogens with one attached hydrogen (secondary N) is 1. The number of aromatic nitrogens is 2. The van der Waals surface area contributed by atoms with E-state index in [2.05, 4.69) is 28.4 Å². The van der Waals surface area contributed by atoms with Crippen LogP contribution in [0.2, 0.25) is 0 Å². The van der Waals surface area contributed by atoms with Crippen molar-refractivity contribution in [3.63, 3.8) is 0 Å². The zero-order chi connectivity index (χ0) is 25.8. The van der Waals surface area contributed by atoms with E-state index in [4.69, 9.17) is 4.98 Å². The molecule has 2 aromatic carbocycles. The first-order valence-corrected chi connectivity index (χ1v) is 12.3. The molecule has 2 N–H and O–H groups in total. The third-order valence-electron chi connectivity index (χ3n) is 7.52. The molecular formula is C29H25N5O3. The quantitative estimate of drug-likeness (QED) is 0.398. The summed E-state index contributed by atoms with van der Waals surface area (Å²) in [6.45, 7) is 3.79. The van der Waals surface area contributed by atoms with Gasteiger partial charge in [0.25, 0.3) is 5.56 Å². The molecule has 8 heteroatoms. The molecule has 1 saturated heterocycles. The molecule has 4 heterocycles. The summed E-state index contributed by atoms with van der Waals surface area (Å²) in [6.07, 6.45) is 3.58. The third kappa shape index (κ3) is 3.46. The molecule has 2 aliphatic heterocycles. The van der Waals surface area contributed by atoms with Gasteiger partial charge in [0.05, 0.1) is 23.7 Å². The van der Waals surface area contributed by atoms with Crippen molar-refractivity contribution in [1.29, 1.82) is 5.26 Å². The van der Waals surface area contributed by atoms with Gasteiger partial charge in [-0.2, -0.15) is 5.26 Å². The highest BCUT2D eigenvalue weighted by atomic mass is 16.4. The second-order valence-electron chi connectivity index (χ2n) is 9.76. The Morgan fingerprint density at radius 3 is 2.43 bits per heavy atom. The molecule has 0 saturated carbocycles. The number of rotatable bonds is 5. The Morgan fingerprint density at radius 2 is 1.78 bits per heavy atom. The van der Waals surface area contributed by atoms with E-state index < -0.39 is 11.5 Å². The Bertz CT molecular complexity index is 1650. The zero-order valence-electron chi connectivity index (χ0n) is 20.5. The van der Waals surface area contributed by atoms with Gasteiger partial charge in [0.2, 0.25) is 0 Å². The number of benzene rings is 2. The van der Waals surface area contributed by atoms with Gasteiger partial charge in [0.15, 0.2) is 11.4 Å². The first kappa shape index (κ1) is 22.8. The molecule has 37 heavy (non-hydrogen) atoms. The summed E-state index contributed by atoms with van der Waals surface area (Å²) in [5.41, 5.74) is 4.76. The highest BCUT2D eigenvalue weighted by Gasteiger charge is 2.45. The molecule has 0 spiro atoms. The summed E-state index contributed by atoms with van der Waals surface area (Å²) in [6, 6.07) is 18.9. The maximum absolute atomic E-state index is 13.6. The Balaban J connectivity index is 1.51. The Morgan fingerprint density at radius 1 is 1.14 bits per heavy atom. The predicted octanol–water partition coefficient (Wildman–Crippen LogP) is 5.14. The normalized spacial score (nSPS) is 18.5. The number of carbonyl (C=O) groups is 1. The molecule has 2 aromatic heterocycles. The van der Waals surface area contributed by atoms with Crippen LogP contribution < -0.4 is 15.8 Å². The SMILES string of the molecule is Cc1cc([C@@H](C)Nc2ccccc2C(=O)O)c2nc(N3C4CCC3c3ccccc34)c(C#N)c(=O)n2c1. The van der Waals surface area contributed by atoms with Gasteiger partial charge in [-0.05, 0) is 61.6 Å². The minimum atomic E-state index is -1.02. The van der Waals surface area contributed by atoms with Crippen molar-refractivity contribution >= 4 is 23.1 Å². The van der Waals surface area contributed by atoms with Gasteiger partial charge in [0, 0.05) is 17.4 Å². The molecule has 8 nitrogen and oxygen atoms in total. The standard InChI is InChI=1S/C29H25N5O3/c1-16-13-21(17(2)31-23-10-6-5-9-20(23)29(36)37)26-32-27(22(14-30)28(35)33(26)15-16)34-24-11-12-25(34)19-8-4-3-7-18(19)24/h3-10,13,15,17,24-25,31H,11-12H2,1-2H3,(H,36,37)/t17-,24?,25?/m1/s1. The first-order valence-electron chi connectivity index (χ1n) is 12.3. The molecule has 6 rings (SSSR count). The van der Waals surface area contributed by atoms with Crippen molar-refractivity contribution < 1.29 is 9.90 Å². The van der Waals surface area contributed by atoms with E-state index >= 15 is 0 Å². The van der Waals surface area contributed by atoms with Crippen LogP contribution in [0.5, 0.6) is 0 Å². The Hall–Kier alpha value is -4.64. The number of fused-ring (bicyclic) bond motifs is 6. The summed E-state index contributed by atoms with van der Waals surface area (Å²) in [4.78, 5) is 32.5. The number of pyridine rings is 1. The molecule has 3 atom stereocenters. The number of hydrogen-bond acceptors (Lipinski definition) is 6. The molecule has 2 aliphatic rings. The van der Waals surface area contributed by atoms with Crippen LogP contribution in [0.3, 0.4) is 0 Å². The molecule has 1 fully saturated rings. The predicted molar refractivity (Wildman–Crippen MR) is 140 cm³/mol. The minimum absolute atomic E-state index is 0.0376. The number of para-hydroxylation sites is 1. The number of carboxylic acid groups (broad SMARTS) is 1. The van der Waals surface area contributed by atoms with Crippen molar-refractivity contribution in [2.24, 2.45) is 0 Å². The molecule has 0 amide bonds. The van der Waals surface area contributed by atoms with Crippen LogP contribution in [0.4, 0.5) is 11.5 Å². The Kier molecular flexibility index (Phi) is 5.23. The van der Waals surface area contributed by atoms with E-state index in [1.807, 2.05) is 32.0 Å². The topological polar surface area (TPSA) is 111 Å². The minimum Gasteiger partial charge on any atom is -0.478 e. The fourth-order valence-corrected chi connectivity index (χ4v) is 5.94. The van der Waals surface area contributed by atoms with Crippen LogP contribution in [0.1, 0.15) is 76.1 Å². The highest BCUT2D eigenvalue weighted by molar-refractivity contribution is 5.94. The van der Waals surface area contributed by atoms with E-state index in [-0.39, 0.29) is 29.3 Å². The lowest BCUT2D eigenvalue weighted by molar-refractivity contribution is 0.0698. The number of hydrogen-bond donors (Lipinski definition) is 2. The van der Waals surface area contributed by atoms with E-state index in [0.29, 0.717) is 17.2 Å². The van der Waals surface area contributed by atoms with Crippen LogP contribution in [0, 0.1) is 18.3 Å². The van der Waals surface area contributed by atoms with Gasteiger partial charge < -0.3 is 15.3 Å². The summed E-state index contributed by atoms with van der Waals surface area (Å²) in [5, 5.41) is 23.0. The van der Waals surface area contributed by atoms with Gasteiger partial charge >= 0.3 is 5.97 Å². The number of aromatic carboxylic acids is 1. The molecule has 4 aromatic rings. The Labute approximate surface area is 213 Å². The second kappa shape index (κ2) is 8.49. The van der Waals surface area contributed by atoms with Gasteiger partial charge in [-0.25, -0.2) is 9.78 Å². The van der Waals surface area contributed by atoms with Crippen LogP contribution in [0.25, 0.3) is 5.65 Å². The van der Waals surface area contributed by atoms with E-state index in [1.165, 1.54) is 15.5 Å².